The molecule has 1 N–H and O–H groups in total. The quantitative estimate of drug-likeness (QED) is 0.914. The van der Waals surface area contributed by atoms with Crippen molar-refractivity contribution in [1.82, 2.24) is 0 Å². The highest BCUT2D eigenvalue weighted by molar-refractivity contribution is 6.32. The van der Waals surface area contributed by atoms with Crippen LogP contribution in [0.1, 0.15) is 15.9 Å². The average Bonchev–Trinajstić information content (AvgIpc) is 2.46. The number of rotatable bonds is 5. The summed E-state index contributed by atoms with van der Waals surface area (Å²) in [7, 11) is 1.52. The van der Waals surface area contributed by atoms with Crippen molar-refractivity contribution in [3.05, 3.63) is 58.6 Å². The van der Waals surface area contributed by atoms with Gasteiger partial charge in [0.1, 0.15) is 18.1 Å². The van der Waals surface area contributed by atoms with Crippen LogP contribution in [0.15, 0.2) is 42.5 Å². The lowest BCUT2D eigenvalue weighted by Gasteiger charge is -2.12. The Bertz CT molecular complexity index is 625. The van der Waals surface area contributed by atoms with E-state index in [1.165, 1.54) is 19.2 Å². The second kappa shape index (κ2) is 6.30. The van der Waals surface area contributed by atoms with Crippen LogP contribution in [0.3, 0.4) is 0 Å². The molecule has 0 aliphatic heterocycles. The SMILES string of the molecule is COc1ccc(C(=O)O)cc1COc1ccccc1Cl. The van der Waals surface area contributed by atoms with Gasteiger partial charge in [0.05, 0.1) is 17.7 Å². The molecule has 0 spiro atoms. The van der Waals surface area contributed by atoms with Gasteiger partial charge in [0, 0.05) is 5.56 Å². The molecule has 4 nitrogen and oxygen atoms in total. The van der Waals surface area contributed by atoms with E-state index in [0.29, 0.717) is 22.1 Å². The van der Waals surface area contributed by atoms with E-state index in [-0.39, 0.29) is 12.2 Å². The summed E-state index contributed by atoms with van der Waals surface area (Å²) in [5.41, 5.74) is 0.830. The van der Waals surface area contributed by atoms with Crippen molar-refractivity contribution in [1.29, 1.82) is 0 Å². The monoisotopic (exact) mass is 292 g/mol. The zero-order valence-electron chi connectivity index (χ0n) is 10.8. The molecular weight excluding hydrogens is 280 g/mol. The lowest BCUT2D eigenvalue weighted by atomic mass is 10.1. The largest absolute Gasteiger partial charge is 0.496 e. The first kappa shape index (κ1) is 14.2. The molecule has 0 atom stereocenters. The van der Waals surface area contributed by atoms with E-state index in [9.17, 15) is 4.79 Å². The van der Waals surface area contributed by atoms with Crippen molar-refractivity contribution in [2.24, 2.45) is 0 Å². The third kappa shape index (κ3) is 3.22. The summed E-state index contributed by atoms with van der Waals surface area (Å²) in [6.07, 6.45) is 0. The number of para-hydroxylation sites is 1. The van der Waals surface area contributed by atoms with Crippen molar-refractivity contribution < 1.29 is 19.4 Å². The van der Waals surface area contributed by atoms with Gasteiger partial charge in [-0.15, -0.1) is 0 Å². The number of carboxylic acid groups (broad SMARTS) is 1. The maximum atomic E-state index is 11.0. The minimum atomic E-state index is -0.994. The van der Waals surface area contributed by atoms with Crippen LogP contribution in [0.4, 0.5) is 0 Å². The van der Waals surface area contributed by atoms with Crippen LogP contribution in [-0.2, 0) is 6.61 Å². The van der Waals surface area contributed by atoms with Gasteiger partial charge in [-0.2, -0.15) is 0 Å². The molecule has 20 heavy (non-hydrogen) atoms. The van der Waals surface area contributed by atoms with Gasteiger partial charge < -0.3 is 14.6 Å². The van der Waals surface area contributed by atoms with E-state index in [2.05, 4.69) is 0 Å². The third-order valence-corrected chi connectivity index (χ3v) is 3.06. The van der Waals surface area contributed by atoms with Gasteiger partial charge in [0.15, 0.2) is 0 Å². The highest BCUT2D eigenvalue weighted by Crippen LogP contribution is 2.26. The Labute approximate surface area is 121 Å². The molecular formula is C15H13ClO4. The number of aromatic carboxylic acids is 1. The number of benzene rings is 2. The van der Waals surface area contributed by atoms with Crippen LogP contribution in [0.5, 0.6) is 11.5 Å². The van der Waals surface area contributed by atoms with Gasteiger partial charge >= 0.3 is 5.97 Å². The topological polar surface area (TPSA) is 55.8 Å². The average molecular weight is 293 g/mol. The minimum Gasteiger partial charge on any atom is -0.496 e. The Kier molecular flexibility index (Phi) is 4.48. The Hall–Kier alpha value is -2.20. The van der Waals surface area contributed by atoms with Crippen molar-refractivity contribution >= 4 is 17.6 Å². The molecule has 104 valence electrons. The highest BCUT2D eigenvalue weighted by Gasteiger charge is 2.10. The fraction of sp³-hybridized carbons (Fsp3) is 0.133. The summed E-state index contributed by atoms with van der Waals surface area (Å²) < 4.78 is 10.8. The van der Waals surface area contributed by atoms with Crippen LogP contribution in [-0.4, -0.2) is 18.2 Å². The fourth-order valence-corrected chi connectivity index (χ4v) is 1.93. The van der Waals surface area contributed by atoms with Crippen LogP contribution in [0, 0.1) is 0 Å². The number of methoxy groups -OCH3 is 1. The van der Waals surface area contributed by atoms with Crippen LogP contribution < -0.4 is 9.47 Å². The molecule has 0 bridgehead atoms. The van der Waals surface area contributed by atoms with Gasteiger partial charge in [-0.25, -0.2) is 4.79 Å². The van der Waals surface area contributed by atoms with E-state index < -0.39 is 5.97 Å². The maximum Gasteiger partial charge on any atom is 0.335 e. The molecule has 0 amide bonds. The van der Waals surface area contributed by atoms with E-state index in [0.717, 1.165) is 0 Å². The van der Waals surface area contributed by atoms with Crippen molar-refractivity contribution in [3.63, 3.8) is 0 Å². The summed E-state index contributed by atoms with van der Waals surface area (Å²) in [6, 6.07) is 11.7. The molecule has 2 aromatic carbocycles. The van der Waals surface area contributed by atoms with Gasteiger partial charge in [-0.1, -0.05) is 23.7 Å². The molecule has 2 aromatic rings. The summed E-state index contributed by atoms with van der Waals surface area (Å²) in [4.78, 5) is 11.0. The first-order chi connectivity index (χ1) is 9.61. The standard InChI is InChI=1S/C15H13ClO4/c1-19-13-7-6-10(15(17)18)8-11(13)9-20-14-5-3-2-4-12(14)16/h2-8H,9H2,1H3,(H,17,18). The molecule has 5 heteroatoms. The number of ether oxygens (including phenoxy) is 2. The zero-order chi connectivity index (χ0) is 14.5. The second-order valence-corrected chi connectivity index (χ2v) is 4.46. The fourth-order valence-electron chi connectivity index (χ4n) is 1.74. The van der Waals surface area contributed by atoms with E-state index >= 15 is 0 Å². The van der Waals surface area contributed by atoms with Crippen LogP contribution in [0.25, 0.3) is 0 Å². The number of carboxylic acids is 1. The minimum absolute atomic E-state index is 0.175. The Morgan fingerprint density at radius 3 is 2.60 bits per heavy atom. The maximum absolute atomic E-state index is 11.0. The number of carbonyl (C=O) groups is 1. The first-order valence-corrected chi connectivity index (χ1v) is 6.27. The van der Waals surface area contributed by atoms with E-state index in [4.69, 9.17) is 26.2 Å². The predicted octanol–water partition coefficient (Wildman–Crippen LogP) is 3.63. The number of hydrogen-bond donors (Lipinski definition) is 1. The molecule has 0 aliphatic rings. The van der Waals surface area contributed by atoms with E-state index in [1.807, 2.05) is 6.07 Å². The third-order valence-electron chi connectivity index (χ3n) is 2.75. The Morgan fingerprint density at radius 2 is 1.95 bits per heavy atom. The summed E-state index contributed by atoms with van der Waals surface area (Å²) in [6.45, 7) is 0.175. The van der Waals surface area contributed by atoms with Crippen molar-refractivity contribution in [2.45, 2.75) is 6.61 Å². The van der Waals surface area contributed by atoms with Gasteiger partial charge in [0.25, 0.3) is 0 Å². The van der Waals surface area contributed by atoms with Crippen LogP contribution in [0.2, 0.25) is 5.02 Å². The molecule has 0 aromatic heterocycles. The lowest BCUT2D eigenvalue weighted by molar-refractivity contribution is 0.0696. The predicted molar refractivity (Wildman–Crippen MR) is 75.7 cm³/mol. The van der Waals surface area contributed by atoms with Gasteiger partial charge in [0.2, 0.25) is 0 Å². The molecule has 0 radical (unpaired) electrons. The molecule has 0 heterocycles. The number of hydrogen-bond acceptors (Lipinski definition) is 3. The van der Waals surface area contributed by atoms with Crippen molar-refractivity contribution in [2.75, 3.05) is 7.11 Å². The Balaban J connectivity index is 2.22. The van der Waals surface area contributed by atoms with E-state index in [1.54, 1.807) is 24.3 Å². The smallest absolute Gasteiger partial charge is 0.335 e. The Morgan fingerprint density at radius 1 is 1.20 bits per heavy atom. The highest BCUT2D eigenvalue weighted by atomic mass is 35.5. The zero-order valence-corrected chi connectivity index (χ0v) is 11.6. The summed E-state index contributed by atoms with van der Waals surface area (Å²) in [5.74, 6) is 0.116. The lowest BCUT2D eigenvalue weighted by Crippen LogP contribution is -2.03. The first-order valence-electron chi connectivity index (χ1n) is 5.89. The summed E-state index contributed by atoms with van der Waals surface area (Å²) in [5, 5.41) is 9.50. The molecule has 0 saturated carbocycles. The number of halogens is 1. The normalized spacial score (nSPS) is 10.1. The van der Waals surface area contributed by atoms with Crippen molar-refractivity contribution in [3.8, 4) is 11.5 Å². The van der Waals surface area contributed by atoms with Gasteiger partial charge in [-0.05, 0) is 30.3 Å². The molecule has 0 unspecified atom stereocenters. The summed E-state index contributed by atoms with van der Waals surface area (Å²) >= 11 is 6.00. The molecule has 0 aliphatic carbocycles. The molecule has 0 fully saturated rings. The van der Waals surface area contributed by atoms with Crippen LogP contribution >= 0.6 is 11.6 Å². The molecule has 2 rings (SSSR count). The molecule has 0 saturated heterocycles. The second-order valence-electron chi connectivity index (χ2n) is 4.05. The van der Waals surface area contributed by atoms with Gasteiger partial charge in [-0.3, -0.25) is 0 Å².